The molecule has 0 aromatic heterocycles. The van der Waals surface area contributed by atoms with Gasteiger partial charge in [-0.25, -0.2) is 4.79 Å². The summed E-state index contributed by atoms with van der Waals surface area (Å²) in [6.45, 7) is 5.94. The normalized spacial score (nSPS) is 11.5. The molecule has 1 rings (SSSR count). The van der Waals surface area contributed by atoms with Crippen LogP contribution < -0.4 is 10.6 Å². The van der Waals surface area contributed by atoms with Crippen LogP contribution in [0.2, 0.25) is 0 Å². The summed E-state index contributed by atoms with van der Waals surface area (Å²) in [4.78, 5) is 22.5. The Morgan fingerprint density at radius 2 is 1.95 bits per heavy atom. The van der Waals surface area contributed by atoms with Crippen LogP contribution in [-0.2, 0) is 11.2 Å². The van der Waals surface area contributed by atoms with Crippen molar-refractivity contribution in [1.29, 1.82) is 0 Å². The van der Waals surface area contributed by atoms with Crippen molar-refractivity contribution in [3.8, 4) is 0 Å². The summed E-state index contributed by atoms with van der Waals surface area (Å²) in [7, 11) is 0. The molecule has 0 radical (unpaired) electrons. The maximum Gasteiger partial charge on any atom is 0.315 e. The largest absolute Gasteiger partial charge is 0.481 e. The van der Waals surface area contributed by atoms with Crippen molar-refractivity contribution in [1.82, 2.24) is 10.6 Å². The van der Waals surface area contributed by atoms with E-state index in [2.05, 4.69) is 17.2 Å². The molecule has 0 spiro atoms. The first kappa shape index (κ1) is 16.8. The highest BCUT2D eigenvalue weighted by Crippen LogP contribution is 2.08. The number of nitrogens with one attached hydrogen (secondary N) is 2. The van der Waals surface area contributed by atoms with Crippen LogP contribution in [0.5, 0.6) is 0 Å². The molecule has 3 N–H and O–H groups in total. The number of urea groups is 1. The Balaban J connectivity index is 2.57. The molecule has 21 heavy (non-hydrogen) atoms. The van der Waals surface area contributed by atoms with E-state index in [-0.39, 0.29) is 18.5 Å². The third-order valence-corrected chi connectivity index (χ3v) is 2.92. The zero-order valence-corrected chi connectivity index (χ0v) is 12.3. The maximum absolute atomic E-state index is 11.8. The van der Waals surface area contributed by atoms with Gasteiger partial charge in [-0.2, -0.15) is 0 Å². The molecule has 5 nitrogen and oxygen atoms in total. The monoisotopic (exact) mass is 290 g/mol. The van der Waals surface area contributed by atoms with Gasteiger partial charge in [0, 0.05) is 19.0 Å². The molecule has 0 bridgehead atoms. The fourth-order valence-corrected chi connectivity index (χ4v) is 1.89. The molecular formula is C16H22N2O3. The first-order valence-electron chi connectivity index (χ1n) is 6.92. The lowest BCUT2D eigenvalue weighted by atomic mass is 10.0. The molecule has 0 aliphatic heterocycles. The van der Waals surface area contributed by atoms with Crippen LogP contribution in [0, 0.1) is 0 Å². The topological polar surface area (TPSA) is 78.4 Å². The van der Waals surface area contributed by atoms with E-state index in [1.807, 2.05) is 37.3 Å². The second-order valence-electron chi connectivity index (χ2n) is 5.10. The van der Waals surface area contributed by atoms with E-state index in [4.69, 9.17) is 5.11 Å². The Hall–Kier alpha value is -2.30. The number of rotatable bonds is 8. The van der Waals surface area contributed by atoms with Crippen LogP contribution in [0.15, 0.2) is 42.5 Å². The van der Waals surface area contributed by atoms with E-state index in [0.29, 0.717) is 19.4 Å². The summed E-state index contributed by atoms with van der Waals surface area (Å²) in [5.74, 6) is -0.864. The Labute approximate surface area is 125 Å². The predicted molar refractivity (Wildman–Crippen MR) is 82.2 cm³/mol. The number of aliphatic carboxylic acids is 1. The highest BCUT2D eigenvalue weighted by atomic mass is 16.4. The molecule has 0 aliphatic rings. The fraction of sp³-hybridized carbons (Fsp3) is 0.375. The first-order valence-corrected chi connectivity index (χ1v) is 6.92. The highest BCUT2D eigenvalue weighted by molar-refractivity contribution is 5.74. The van der Waals surface area contributed by atoms with Crippen LogP contribution in [0.1, 0.15) is 25.3 Å². The van der Waals surface area contributed by atoms with Gasteiger partial charge in [0.2, 0.25) is 0 Å². The lowest BCUT2D eigenvalue weighted by molar-refractivity contribution is -0.137. The number of carboxylic acids is 1. The molecule has 2 amide bonds. The number of hydrogen-bond donors (Lipinski definition) is 3. The maximum atomic E-state index is 11.8. The average Bonchev–Trinajstić information content (AvgIpc) is 2.43. The molecule has 1 atom stereocenters. The van der Waals surface area contributed by atoms with E-state index < -0.39 is 5.97 Å². The van der Waals surface area contributed by atoms with Gasteiger partial charge in [0.1, 0.15) is 0 Å². The van der Waals surface area contributed by atoms with Crippen LogP contribution in [0.25, 0.3) is 0 Å². The number of carbonyl (C=O) groups excluding carboxylic acids is 1. The molecule has 5 heteroatoms. The van der Waals surface area contributed by atoms with E-state index in [9.17, 15) is 9.59 Å². The predicted octanol–water partition coefficient (Wildman–Crippen LogP) is 2.34. The second kappa shape index (κ2) is 8.79. The zero-order valence-electron chi connectivity index (χ0n) is 12.3. The molecule has 1 aromatic carbocycles. The Kier molecular flexibility index (Phi) is 7.01. The molecule has 114 valence electrons. The zero-order chi connectivity index (χ0) is 15.7. The Morgan fingerprint density at radius 3 is 2.52 bits per heavy atom. The van der Waals surface area contributed by atoms with E-state index >= 15 is 0 Å². The summed E-state index contributed by atoms with van der Waals surface area (Å²) in [5, 5.41) is 14.3. The summed E-state index contributed by atoms with van der Waals surface area (Å²) in [5.41, 5.74) is 1.92. The van der Waals surface area contributed by atoms with Crippen LogP contribution >= 0.6 is 0 Å². The van der Waals surface area contributed by atoms with E-state index in [1.54, 1.807) is 0 Å². The molecular weight excluding hydrogens is 268 g/mol. The standard InChI is InChI=1S/C16H22N2O3/c1-12(2)11-17-16(21)18-14(8-9-15(19)20)10-13-6-4-3-5-7-13/h3-7,14H,1,8-11H2,2H3,(H,19,20)(H2,17,18,21). The first-order chi connectivity index (χ1) is 9.97. The van der Waals surface area contributed by atoms with E-state index in [1.165, 1.54) is 0 Å². The molecule has 0 heterocycles. The van der Waals surface area contributed by atoms with Gasteiger partial charge in [0.05, 0.1) is 0 Å². The van der Waals surface area contributed by atoms with Gasteiger partial charge in [-0.3, -0.25) is 4.79 Å². The third kappa shape index (κ3) is 7.77. The van der Waals surface area contributed by atoms with Gasteiger partial charge < -0.3 is 15.7 Å². The smallest absolute Gasteiger partial charge is 0.315 e. The van der Waals surface area contributed by atoms with Crippen LogP contribution in [0.3, 0.4) is 0 Å². The minimum atomic E-state index is -0.864. The van der Waals surface area contributed by atoms with Gasteiger partial charge in [0.25, 0.3) is 0 Å². The van der Waals surface area contributed by atoms with Gasteiger partial charge in [-0.1, -0.05) is 42.5 Å². The minimum absolute atomic E-state index is 0.0261. The summed E-state index contributed by atoms with van der Waals surface area (Å²) >= 11 is 0. The number of amides is 2. The van der Waals surface area contributed by atoms with Crippen LogP contribution in [-0.4, -0.2) is 29.7 Å². The van der Waals surface area contributed by atoms with Crippen molar-refractivity contribution in [3.05, 3.63) is 48.0 Å². The van der Waals surface area contributed by atoms with Crippen molar-refractivity contribution in [3.63, 3.8) is 0 Å². The molecule has 0 saturated heterocycles. The fourth-order valence-electron chi connectivity index (χ4n) is 1.89. The molecule has 1 unspecified atom stereocenters. The number of carbonyl (C=O) groups is 2. The molecule has 0 fully saturated rings. The molecule has 1 aromatic rings. The quantitative estimate of drug-likeness (QED) is 0.643. The van der Waals surface area contributed by atoms with Crippen molar-refractivity contribution < 1.29 is 14.7 Å². The second-order valence-corrected chi connectivity index (χ2v) is 5.10. The van der Waals surface area contributed by atoms with Gasteiger partial charge in [-0.05, 0) is 25.3 Å². The average molecular weight is 290 g/mol. The van der Waals surface area contributed by atoms with E-state index in [0.717, 1.165) is 11.1 Å². The molecule has 0 saturated carbocycles. The highest BCUT2D eigenvalue weighted by Gasteiger charge is 2.14. The minimum Gasteiger partial charge on any atom is -0.481 e. The van der Waals surface area contributed by atoms with Gasteiger partial charge in [0.15, 0.2) is 0 Å². The summed E-state index contributed by atoms with van der Waals surface area (Å²) < 4.78 is 0. The van der Waals surface area contributed by atoms with Crippen molar-refractivity contribution in [2.24, 2.45) is 0 Å². The van der Waals surface area contributed by atoms with Gasteiger partial charge in [-0.15, -0.1) is 0 Å². The number of carboxylic acid groups (broad SMARTS) is 1. The van der Waals surface area contributed by atoms with Crippen molar-refractivity contribution >= 4 is 12.0 Å². The lowest BCUT2D eigenvalue weighted by Gasteiger charge is -2.18. The number of hydrogen-bond acceptors (Lipinski definition) is 2. The van der Waals surface area contributed by atoms with Crippen LogP contribution in [0.4, 0.5) is 4.79 Å². The third-order valence-electron chi connectivity index (χ3n) is 2.92. The van der Waals surface area contributed by atoms with Crippen molar-refractivity contribution in [2.75, 3.05) is 6.54 Å². The lowest BCUT2D eigenvalue weighted by Crippen LogP contribution is -2.43. The Morgan fingerprint density at radius 1 is 1.29 bits per heavy atom. The summed E-state index contributed by atoms with van der Waals surface area (Å²) in [6.07, 6.45) is 1.03. The molecule has 0 aliphatic carbocycles. The van der Waals surface area contributed by atoms with Crippen molar-refractivity contribution in [2.45, 2.75) is 32.2 Å². The number of benzene rings is 1. The summed E-state index contributed by atoms with van der Waals surface area (Å²) in [6, 6.07) is 9.17. The Bertz CT molecular complexity index is 486. The SMILES string of the molecule is C=C(C)CNC(=O)NC(CCC(=O)O)Cc1ccccc1. The van der Waals surface area contributed by atoms with Gasteiger partial charge >= 0.3 is 12.0 Å².